The number of hydrogen-bond acceptors (Lipinski definition) is 6. The Hall–Kier alpha value is -7.96. The Bertz CT molecular complexity index is 3160. The summed E-state index contributed by atoms with van der Waals surface area (Å²) in [6.07, 6.45) is 0. The first kappa shape index (κ1) is 38.3. The fourth-order valence-corrected chi connectivity index (χ4v) is 8.44. The van der Waals surface area contributed by atoms with Gasteiger partial charge in [0.1, 0.15) is 0 Å². The first-order valence-corrected chi connectivity index (χ1v) is 20.9. The van der Waals surface area contributed by atoms with Gasteiger partial charge in [-0.15, -0.1) is 10.2 Å². The molecule has 62 heavy (non-hydrogen) atoms. The van der Waals surface area contributed by atoms with Gasteiger partial charge in [-0.3, -0.25) is 0 Å². The third kappa shape index (κ3) is 7.55. The van der Waals surface area contributed by atoms with Gasteiger partial charge in [0.25, 0.3) is 0 Å². The number of rotatable bonds is 9. The lowest BCUT2D eigenvalue weighted by atomic mass is 9.93. The normalized spacial score (nSPS) is 11.2. The average molecular weight is 802 g/mol. The lowest BCUT2D eigenvalue weighted by molar-refractivity contribution is 0.584. The molecule has 6 heteroatoms. The number of fused-ring (bicyclic) bond motifs is 1. The van der Waals surface area contributed by atoms with E-state index in [1.165, 1.54) is 22.3 Å². The number of anilines is 3. The summed E-state index contributed by atoms with van der Waals surface area (Å²) in [7, 11) is 0. The predicted octanol–water partition coefficient (Wildman–Crippen LogP) is 14.7. The second kappa shape index (κ2) is 16.2. The van der Waals surface area contributed by atoms with Gasteiger partial charge in [0.15, 0.2) is 0 Å². The molecule has 298 valence electrons. The summed E-state index contributed by atoms with van der Waals surface area (Å²) >= 11 is 0. The molecule has 0 saturated carbocycles. The van der Waals surface area contributed by atoms with Crippen molar-refractivity contribution in [2.24, 2.45) is 0 Å². The topological polar surface area (TPSA) is 67.9 Å². The van der Waals surface area contributed by atoms with E-state index in [0.717, 1.165) is 84.0 Å². The van der Waals surface area contributed by atoms with Crippen LogP contribution in [0.4, 0.5) is 17.1 Å². The SMILES string of the molecule is Cc1cc(C)cc(-c2ccc(-c3cc(C)cc(C)c3)c3nc(-c4ccc(N(c5ccccc5)c5ccc(-c6nnc(-c7ccccc7)o6)cc5)cc4)c(-c4ccccc4)nc23)c1. The second-order valence-electron chi connectivity index (χ2n) is 15.9. The Morgan fingerprint density at radius 3 is 1.15 bits per heavy atom. The van der Waals surface area contributed by atoms with Gasteiger partial charge in [0, 0.05) is 50.4 Å². The van der Waals surface area contributed by atoms with Crippen LogP contribution in [-0.2, 0) is 0 Å². The Kier molecular flexibility index (Phi) is 10.0. The quantitative estimate of drug-likeness (QED) is 0.145. The van der Waals surface area contributed by atoms with Crippen LogP contribution in [0.15, 0.2) is 192 Å². The summed E-state index contributed by atoms with van der Waals surface area (Å²) in [5, 5.41) is 8.66. The summed E-state index contributed by atoms with van der Waals surface area (Å²) in [4.78, 5) is 13.5. The van der Waals surface area contributed by atoms with E-state index in [4.69, 9.17) is 14.4 Å². The van der Waals surface area contributed by atoms with Crippen LogP contribution in [0.25, 0.3) is 78.7 Å². The van der Waals surface area contributed by atoms with E-state index in [9.17, 15) is 0 Å². The monoisotopic (exact) mass is 801 g/mol. The molecule has 0 amide bonds. The lowest BCUT2D eigenvalue weighted by Gasteiger charge is -2.26. The third-order valence-corrected chi connectivity index (χ3v) is 11.2. The molecule has 0 fully saturated rings. The molecule has 2 heterocycles. The van der Waals surface area contributed by atoms with Crippen molar-refractivity contribution in [2.75, 3.05) is 4.90 Å². The number of hydrogen-bond donors (Lipinski definition) is 0. The third-order valence-electron chi connectivity index (χ3n) is 11.2. The minimum atomic E-state index is 0.471. The number of benzene rings is 8. The van der Waals surface area contributed by atoms with Crippen LogP contribution < -0.4 is 4.90 Å². The van der Waals surface area contributed by atoms with Crippen molar-refractivity contribution in [3.8, 4) is 67.7 Å². The van der Waals surface area contributed by atoms with E-state index in [2.05, 4.69) is 176 Å². The van der Waals surface area contributed by atoms with Crippen molar-refractivity contribution >= 4 is 28.1 Å². The van der Waals surface area contributed by atoms with E-state index < -0.39 is 0 Å². The minimum Gasteiger partial charge on any atom is -0.416 e. The maximum absolute atomic E-state index is 6.08. The van der Waals surface area contributed by atoms with Crippen LogP contribution in [-0.4, -0.2) is 20.2 Å². The molecule has 0 radical (unpaired) electrons. The lowest BCUT2D eigenvalue weighted by Crippen LogP contribution is -2.09. The van der Waals surface area contributed by atoms with E-state index in [1.807, 2.05) is 54.6 Å². The van der Waals surface area contributed by atoms with Gasteiger partial charge in [0.2, 0.25) is 11.8 Å². The zero-order valence-electron chi connectivity index (χ0n) is 35.0. The molecule has 0 bridgehead atoms. The standard InChI is InChI=1S/C56H43N5O/c1-36-30-37(2)33-44(32-36)49-28-29-50(45-34-38(3)31-39(4)35-45)54-53(49)57-51(40-14-8-5-9-15-40)52(58-54)41-20-24-47(25-21-41)61(46-18-12-7-13-19-46)48-26-22-43(23-27-48)56-60-59-55(62-56)42-16-10-6-11-17-42/h5-35H,1-4H3. The van der Waals surface area contributed by atoms with E-state index in [0.29, 0.717) is 11.8 Å². The van der Waals surface area contributed by atoms with Crippen molar-refractivity contribution in [1.29, 1.82) is 0 Å². The fraction of sp³-hybridized carbons (Fsp3) is 0.0714. The molecule has 0 unspecified atom stereocenters. The summed E-state index contributed by atoms with van der Waals surface area (Å²) in [6, 6.07) is 65.4. The zero-order valence-corrected chi connectivity index (χ0v) is 35.0. The first-order chi connectivity index (χ1) is 30.3. The van der Waals surface area contributed by atoms with Crippen LogP contribution in [0, 0.1) is 27.7 Å². The molecule has 10 rings (SSSR count). The van der Waals surface area contributed by atoms with Gasteiger partial charge in [-0.05, 0) is 99.5 Å². The molecule has 2 aromatic heterocycles. The smallest absolute Gasteiger partial charge is 0.248 e. The van der Waals surface area contributed by atoms with Gasteiger partial charge in [0.05, 0.1) is 22.4 Å². The first-order valence-electron chi connectivity index (χ1n) is 20.9. The number of nitrogens with zero attached hydrogens (tertiary/aromatic N) is 5. The average Bonchev–Trinajstić information content (AvgIpc) is 3.80. The van der Waals surface area contributed by atoms with Crippen LogP contribution >= 0.6 is 0 Å². The molecule has 0 saturated heterocycles. The largest absolute Gasteiger partial charge is 0.416 e. The molecule has 6 nitrogen and oxygen atoms in total. The zero-order chi connectivity index (χ0) is 42.2. The Labute approximate surface area is 361 Å². The highest BCUT2D eigenvalue weighted by Gasteiger charge is 2.21. The van der Waals surface area contributed by atoms with E-state index >= 15 is 0 Å². The van der Waals surface area contributed by atoms with Crippen LogP contribution in [0.2, 0.25) is 0 Å². The minimum absolute atomic E-state index is 0.471. The summed E-state index contributed by atoms with van der Waals surface area (Å²) < 4.78 is 6.08. The predicted molar refractivity (Wildman–Crippen MR) is 254 cm³/mol. The van der Waals surface area contributed by atoms with Crippen LogP contribution in [0.5, 0.6) is 0 Å². The van der Waals surface area contributed by atoms with Crippen molar-refractivity contribution in [2.45, 2.75) is 27.7 Å². The maximum Gasteiger partial charge on any atom is 0.248 e. The Morgan fingerprint density at radius 1 is 0.339 bits per heavy atom. The fourth-order valence-electron chi connectivity index (χ4n) is 8.44. The van der Waals surface area contributed by atoms with Gasteiger partial charge < -0.3 is 9.32 Å². The van der Waals surface area contributed by atoms with E-state index in [-0.39, 0.29) is 0 Å². The van der Waals surface area contributed by atoms with Gasteiger partial charge in [-0.2, -0.15) is 0 Å². The number of aryl methyl sites for hydroxylation is 4. The molecule has 10 aromatic rings. The number of aromatic nitrogens is 4. The van der Waals surface area contributed by atoms with Crippen molar-refractivity contribution in [3.63, 3.8) is 0 Å². The highest BCUT2D eigenvalue weighted by Crippen LogP contribution is 2.41. The molecule has 0 atom stereocenters. The van der Waals surface area contributed by atoms with Crippen LogP contribution in [0.3, 0.4) is 0 Å². The Balaban J connectivity index is 1.10. The van der Waals surface area contributed by atoms with E-state index in [1.54, 1.807) is 0 Å². The van der Waals surface area contributed by atoms with Crippen LogP contribution in [0.1, 0.15) is 22.3 Å². The number of para-hydroxylation sites is 1. The molecule has 0 aliphatic carbocycles. The summed E-state index contributed by atoms with van der Waals surface area (Å²) in [5.41, 5.74) is 19.4. The molecule has 0 aliphatic heterocycles. The molecular formula is C56H43N5O. The van der Waals surface area contributed by atoms with Gasteiger partial charge in [-0.25, -0.2) is 9.97 Å². The highest BCUT2D eigenvalue weighted by atomic mass is 16.4. The molecular weight excluding hydrogens is 759 g/mol. The van der Waals surface area contributed by atoms with Gasteiger partial charge in [-0.1, -0.05) is 150 Å². The molecule has 0 aliphatic rings. The summed E-state index contributed by atoms with van der Waals surface area (Å²) in [6.45, 7) is 8.60. The van der Waals surface area contributed by atoms with Gasteiger partial charge >= 0.3 is 0 Å². The molecule has 0 N–H and O–H groups in total. The van der Waals surface area contributed by atoms with Crippen molar-refractivity contribution in [1.82, 2.24) is 20.2 Å². The highest BCUT2D eigenvalue weighted by molar-refractivity contribution is 6.03. The summed E-state index contributed by atoms with van der Waals surface area (Å²) in [5.74, 6) is 0.962. The molecule has 0 spiro atoms. The van der Waals surface area contributed by atoms with Crippen molar-refractivity contribution in [3.05, 3.63) is 210 Å². The Morgan fingerprint density at radius 2 is 0.694 bits per heavy atom. The second-order valence-corrected chi connectivity index (χ2v) is 15.9. The van der Waals surface area contributed by atoms with Crippen molar-refractivity contribution < 1.29 is 4.42 Å². The molecule has 8 aromatic carbocycles. The maximum atomic E-state index is 6.08.